The van der Waals surface area contributed by atoms with E-state index in [9.17, 15) is 13.2 Å². The summed E-state index contributed by atoms with van der Waals surface area (Å²) in [4.78, 5) is 11.1. The molecule has 21 heavy (non-hydrogen) atoms. The van der Waals surface area contributed by atoms with Gasteiger partial charge in [-0.25, -0.2) is 0 Å². The van der Waals surface area contributed by atoms with Crippen molar-refractivity contribution in [3.05, 3.63) is 23.2 Å². The first-order valence-corrected chi connectivity index (χ1v) is 8.22. The van der Waals surface area contributed by atoms with Gasteiger partial charge in [0, 0.05) is 6.92 Å². The molecule has 7 nitrogen and oxygen atoms in total. The van der Waals surface area contributed by atoms with Gasteiger partial charge < -0.3 is 9.84 Å². The summed E-state index contributed by atoms with van der Waals surface area (Å²) in [6, 6.07) is 5.27. The van der Waals surface area contributed by atoms with Crippen molar-refractivity contribution in [3.63, 3.8) is 0 Å². The van der Waals surface area contributed by atoms with Gasteiger partial charge in [-0.05, 0) is 12.1 Å². The van der Waals surface area contributed by atoms with Crippen LogP contribution < -0.4 is 9.30 Å². The van der Waals surface area contributed by atoms with Gasteiger partial charge in [0.15, 0.2) is 6.54 Å². The lowest BCUT2D eigenvalue weighted by molar-refractivity contribution is -0.671. The Balaban J connectivity index is 2.55. The van der Waals surface area contributed by atoms with Crippen molar-refractivity contribution >= 4 is 37.6 Å². The number of aliphatic carboxylic acids is 1. The van der Waals surface area contributed by atoms with E-state index < -0.39 is 21.3 Å². The van der Waals surface area contributed by atoms with Crippen LogP contribution in [0, 0.1) is 6.92 Å². The van der Waals surface area contributed by atoms with Crippen LogP contribution in [0.15, 0.2) is 18.2 Å². The zero-order valence-electron chi connectivity index (χ0n) is 11.3. The summed E-state index contributed by atoms with van der Waals surface area (Å²) in [6.45, 7) is 1.38. The first-order chi connectivity index (χ1) is 9.74. The van der Waals surface area contributed by atoms with Gasteiger partial charge in [-0.2, -0.15) is 13.0 Å². The van der Waals surface area contributed by atoms with Crippen molar-refractivity contribution in [2.45, 2.75) is 18.7 Å². The molecule has 0 radical (unpaired) electrons. The minimum atomic E-state index is -4.69. The van der Waals surface area contributed by atoms with E-state index in [-0.39, 0.29) is 6.54 Å². The van der Waals surface area contributed by atoms with Crippen LogP contribution in [0.3, 0.4) is 0 Å². The number of carboxylic acids is 1. The van der Waals surface area contributed by atoms with Crippen LogP contribution in [-0.2, 0) is 21.5 Å². The van der Waals surface area contributed by atoms with E-state index in [1.807, 2.05) is 6.07 Å². The number of hydrogen-bond acceptors (Lipinski definition) is 5. The highest BCUT2D eigenvalue weighted by atomic mass is 32.2. The third kappa shape index (κ3) is 3.14. The minimum Gasteiger partial charge on any atom is -0.497 e. The molecule has 1 unspecified atom stereocenters. The molecule has 1 aromatic heterocycles. The highest BCUT2D eigenvalue weighted by molar-refractivity contribution is 7.87. The average Bonchev–Trinajstić information content (AvgIpc) is 2.68. The van der Waals surface area contributed by atoms with Gasteiger partial charge in [-0.15, -0.1) is 0 Å². The molecule has 1 aromatic carbocycles. The van der Waals surface area contributed by atoms with Gasteiger partial charge >= 0.3 is 5.97 Å². The maximum Gasteiger partial charge on any atom is 0.331 e. The molecule has 0 aliphatic carbocycles. The molecule has 2 rings (SSSR count). The van der Waals surface area contributed by atoms with E-state index in [4.69, 9.17) is 14.4 Å². The minimum absolute atomic E-state index is 0.368. The van der Waals surface area contributed by atoms with Gasteiger partial charge in [0.05, 0.1) is 13.2 Å². The fraction of sp³-hybridized carbons (Fsp3) is 0.333. The monoisotopic (exact) mass is 332 g/mol. The molecule has 1 atom stereocenters. The van der Waals surface area contributed by atoms with E-state index in [0.29, 0.717) is 11.3 Å². The molecular weight excluding hydrogens is 318 g/mol. The highest BCUT2D eigenvalue weighted by Gasteiger charge is 2.37. The summed E-state index contributed by atoms with van der Waals surface area (Å²) in [5.74, 6) is -1.01. The van der Waals surface area contributed by atoms with Crippen LogP contribution in [0.4, 0.5) is 0 Å². The number of thiazole rings is 1. The summed E-state index contributed by atoms with van der Waals surface area (Å²) >= 11 is 1.40. The van der Waals surface area contributed by atoms with Crippen LogP contribution in [0.2, 0.25) is 0 Å². The average molecular weight is 332 g/mol. The number of aromatic nitrogens is 1. The number of aryl methyl sites for hydroxylation is 1. The Hall–Kier alpha value is -1.71. The molecule has 0 amide bonds. The quantitative estimate of drug-likeness (QED) is 0.621. The van der Waals surface area contributed by atoms with Crippen LogP contribution in [0.25, 0.3) is 10.2 Å². The third-order valence-corrected chi connectivity index (χ3v) is 5.23. The Morgan fingerprint density at radius 1 is 1.48 bits per heavy atom. The molecular formula is C12H14NO6S2+. The second-order valence-corrected chi connectivity index (χ2v) is 7.24. The van der Waals surface area contributed by atoms with Crippen molar-refractivity contribution in [2.75, 3.05) is 7.11 Å². The number of fused-ring (bicyclic) bond motifs is 1. The molecule has 0 aliphatic rings. The van der Waals surface area contributed by atoms with E-state index in [0.717, 1.165) is 9.71 Å². The molecule has 2 aromatic rings. The van der Waals surface area contributed by atoms with Crippen molar-refractivity contribution < 1.29 is 32.2 Å². The Bertz CT molecular complexity index is 795. The number of methoxy groups -OCH3 is 1. The van der Waals surface area contributed by atoms with Crippen molar-refractivity contribution in [1.82, 2.24) is 0 Å². The Kier molecular flexibility index (Phi) is 4.17. The predicted molar refractivity (Wildman–Crippen MR) is 76.3 cm³/mol. The third-order valence-electron chi connectivity index (χ3n) is 3.08. The summed E-state index contributed by atoms with van der Waals surface area (Å²) in [5, 5.41) is 7.82. The fourth-order valence-corrected chi connectivity index (χ4v) is 3.60. The summed E-state index contributed by atoms with van der Waals surface area (Å²) < 4.78 is 39.0. The van der Waals surface area contributed by atoms with E-state index in [1.54, 1.807) is 23.6 Å². The number of rotatable bonds is 5. The summed E-state index contributed by atoms with van der Waals surface area (Å²) in [7, 11) is -3.19. The molecule has 1 heterocycles. The van der Waals surface area contributed by atoms with Crippen molar-refractivity contribution in [1.29, 1.82) is 0 Å². The maximum absolute atomic E-state index is 11.2. The second-order valence-electron chi connectivity index (χ2n) is 4.41. The van der Waals surface area contributed by atoms with Gasteiger partial charge in [-0.3, -0.25) is 9.35 Å². The lowest BCUT2D eigenvalue weighted by atomic mass is 10.3. The zero-order valence-corrected chi connectivity index (χ0v) is 12.9. The largest absolute Gasteiger partial charge is 0.497 e. The predicted octanol–water partition coefficient (Wildman–Crippen LogP) is 0.847. The molecule has 9 heteroatoms. The molecule has 0 bridgehead atoms. The molecule has 0 aliphatic heterocycles. The van der Waals surface area contributed by atoms with E-state index in [1.165, 1.54) is 18.4 Å². The Morgan fingerprint density at radius 3 is 2.67 bits per heavy atom. The van der Waals surface area contributed by atoms with Gasteiger partial charge in [-0.1, -0.05) is 11.3 Å². The molecule has 0 saturated carbocycles. The summed E-state index contributed by atoms with van der Waals surface area (Å²) in [5.41, 5.74) is 0.659. The number of hydrogen-bond donors (Lipinski definition) is 2. The van der Waals surface area contributed by atoms with Crippen molar-refractivity contribution in [3.8, 4) is 5.75 Å². The normalized spacial score (nSPS) is 13.3. The highest BCUT2D eigenvalue weighted by Crippen LogP contribution is 2.24. The zero-order chi connectivity index (χ0) is 15.8. The van der Waals surface area contributed by atoms with Crippen LogP contribution in [0.5, 0.6) is 5.75 Å². The first-order valence-electron chi connectivity index (χ1n) is 5.90. The smallest absolute Gasteiger partial charge is 0.331 e. The lowest BCUT2D eigenvalue weighted by Gasteiger charge is -2.06. The van der Waals surface area contributed by atoms with Crippen LogP contribution in [0.1, 0.15) is 5.01 Å². The topological polar surface area (TPSA) is 105 Å². The number of benzene rings is 1. The number of nitrogens with zero attached hydrogens (tertiary/aromatic N) is 1. The fourth-order valence-electron chi connectivity index (χ4n) is 2.00. The standard InChI is InChI=1S/C12H13NO6S2/c1-7-13(6-11(12(14)15)21(16,17)18)9-5-8(19-2)3-4-10(9)20-7/h3-5,11H,6H2,1-2H3,(H-,14,15,16,17,18)/p+1. The van der Waals surface area contributed by atoms with Gasteiger partial charge in [0.2, 0.25) is 15.8 Å². The molecule has 114 valence electrons. The SMILES string of the molecule is COc1ccc2sc(C)[n+](CC(C(=O)O)S(=O)(=O)O)c2c1. The lowest BCUT2D eigenvalue weighted by Crippen LogP contribution is -2.47. The van der Waals surface area contributed by atoms with Crippen molar-refractivity contribution in [2.24, 2.45) is 0 Å². The van der Waals surface area contributed by atoms with E-state index in [2.05, 4.69) is 0 Å². The molecule has 0 fully saturated rings. The van der Waals surface area contributed by atoms with E-state index >= 15 is 0 Å². The number of carbonyl (C=O) groups is 1. The maximum atomic E-state index is 11.2. The number of carboxylic acid groups (broad SMARTS) is 1. The van der Waals surface area contributed by atoms with Crippen LogP contribution >= 0.6 is 11.3 Å². The summed E-state index contributed by atoms with van der Waals surface area (Å²) in [6.07, 6.45) is 0. The Morgan fingerprint density at radius 2 is 2.14 bits per heavy atom. The molecule has 2 N–H and O–H groups in total. The van der Waals surface area contributed by atoms with Crippen LogP contribution in [-0.4, -0.2) is 36.4 Å². The molecule has 0 saturated heterocycles. The first kappa shape index (κ1) is 15.7. The Labute approximate surface area is 125 Å². The molecule has 0 spiro atoms. The van der Waals surface area contributed by atoms with Gasteiger partial charge in [0.1, 0.15) is 10.4 Å². The number of ether oxygens (including phenoxy) is 1. The van der Waals surface area contributed by atoms with Gasteiger partial charge in [0.25, 0.3) is 10.1 Å². The second kappa shape index (κ2) is 5.58.